The molecule has 3 nitrogen and oxygen atoms in total. The summed E-state index contributed by atoms with van der Waals surface area (Å²) in [6.07, 6.45) is 4.59. The summed E-state index contributed by atoms with van der Waals surface area (Å²) >= 11 is 0. The highest BCUT2D eigenvalue weighted by Crippen LogP contribution is 2.47. The molecule has 1 aliphatic carbocycles. The minimum atomic E-state index is -0.936. The fraction of sp³-hybridized carbons (Fsp3) is 0.421. The lowest BCUT2D eigenvalue weighted by molar-refractivity contribution is -0.144. The molecule has 0 amide bonds. The second-order valence-corrected chi connectivity index (χ2v) is 6.49. The zero-order valence-electron chi connectivity index (χ0n) is 13.6. The number of hydrogen-bond acceptors (Lipinski definition) is 3. The van der Waals surface area contributed by atoms with Crippen LogP contribution in [-0.4, -0.2) is 16.7 Å². The number of ether oxygens (including phenoxy) is 1. The summed E-state index contributed by atoms with van der Waals surface area (Å²) < 4.78 is 5.69. The Balaban J connectivity index is 2.23. The molecule has 2 aliphatic rings. The number of hydrogen-bond donors (Lipinski definition) is 1. The van der Waals surface area contributed by atoms with E-state index in [0.717, 1.165) is 40.7 Å². The van der Waals surface area contributed by atoms with Crippen LogP contribution < -0.4 is 0 Å². The van der Waals surface area contributed by atoms with Gasteiger partial charge >= 0.3 is 5.97 Å². The lowest BCUT2D eigenvalue weighted by Gasteiger charge is -2.32. The molecule has 1 spiro atoms. The maximum absolute atomic E-state index is 12.5. The highest BCUT2D eigenvalue weighted by molar-refractivity contribution is 6.20. The van der Waals surface area contributed by atoms with E-state index in [0.29, 0.717) is 12.0 Å². The van der Waals surface area contributed by atoms with E-state index in [1.54, 1.807) is 0 Å². The van der Waals surface area contributed by atoms with Gasteiger partial charge in [0.15, 0.2) is 11.4 Å². The highest BCUT2D eigenvalue weighted by Gasteiger charge is 2.50. The van der Waals surface area contributed by atoms with Crippen LogP contribution in [0.25, 0.3) is 5.57 Å². The van der Waals surface area contributed by atoms with Gasteiger partial charge < -0.3 is 9.84 Å². The minimum Gasteiger partial charge on any atom is -0.507 e. The predicted octanol–water partition coefficient (Wildman–Crippen LogP) is 4.31. The van der Waals surface area contributed by atoms with E-state index < -0.39 is 11.6 Å². The molecule has 1 unspecified atom stereocenters. The summed E-state index contributed by atoms with van der Waals surface area (Å²) in [7, 11) is 0. The van der Waals surface area contributed by atoms with Crippen LogP contribution in [-0.2, 0) is 9.53 Å². The van der Waals surface area contributed by atoms with Gasteiger partial charge in [-0.15, -0.1) is 0 Å². The van der Waals surface area contributed by atoms with Crippen molar-refractivity contribution in [2.24, 2.45) is 0 Å². The van der Waals surface area contributed by atoms with Gasteiger partial charge in [0.1, 0.15) is 5.57 Å². The lowest BCUT2D eigenvalue weighted by Crippen LogP contribution is -2.35. The average Bonchev–Trinajstić information content (AvgIpc) is 2.67. The zero-order chi connectivity index (χ0) is 16.1. The van der Waals surface area contributed by atoms with Crippen LogP contribution in [0.5, 0.6) is 0 Å². The molecule has 0 saturated carbocycles. The molecule has 1 aliphatic heterocycles. The third-order valence-corrected chi connectivity index (χ3v) is 4.84. The van der Waals surface area contributed by atoms with E-state index >= 15 is 0 Å². The SMILES string of the molecule is CC1=CCCCC12OC(=O)C(c1c(C)cc(C)cc1C)=C2O. The molecular weight excluding hydrogens is 276 g/mol. The van der Waals surface area contributed by atoms with Crippen molar-refractivity contribution in [2.45, 2.75) is 52.6 Å². The van der Waals surface area contributed by atoms with Gasteiger partial charge in [0.25, 0.3) is 0 Å². The number of aryl methyl sites for hydroxylation is 3. The van der Waals surface area contributed by atoms with E-state index in [1.165, 1.54) is 0 Å². The monoisotopic (exact) mass is 298 g/mol. The molecule has 1 heterocycles. The molecule has 0 aromatic heterocycles. The Bertz CT molecular complexity index is 701. The molecule has 22 heavy (non-hydrogen) atoms. The van der Waals surface area contributed by atoms with E-state index in [-0.39, 0.29) is 5.76 Å². The summed E-state index contributed by atoms with van der Waals surface area (Å²) in [6, 6.07) is 4.06. The van der Waals surface area contributed by atoms with E-state index in [2.05, 4.69) is 6.08 Å². The summed E-state index contributed by atoms with van der Waals surface area (Å²) in [5.74, 6) is -0.330. The summed E-state index contributed by atoms with van der Waals surface area (Å²) in [5, 5.41) is 10.9. The van der Waals surface area contributed by atoms with Gasteiger partial charge in [0.05, 0.1) is 0 Å². The fourth-order valence-electron chi connectivity index (χ4n) is 3.82. The topological polar surface area (TPSA) is 46.5 Å². The Hall–Kier alpha value is -2.03. The van der Waals surface area contributed by atoms with Crippen LogP contribution >= 0.6 is 0 Å². The Morgan fingerprint density at radius 3 is 2.36 bits per heavy atom. The van der Waals surface area contributed by atoms with Crippen molar-refractivity contribution in [3.8, 4) is 0 Å². The van der Waals surface area contributed by atoms with Gasteiger partial charge in [-0.05, 0) is 69.2 Å². The van der Waals surface area contributed by atoms with Crippen LogP contribution in [0.4, 0.5) is 0 Å². The number of benzene rings is 1. The van der Waals surface area contributed by atoms with E-state index in [1.807, 2.05) is 39.8 Å². The van der Waals surface area contributed by atoms with Crippen LogP contribution in [0.2, 0.25) is 0 Å². The second kappa shape index (κ2) is 5.01. The summed E-state index contributed by atoms with van der Waals surface area (Å²) in [4.78, 5) is 12.5. The third kappa shape index (κ3) is 1.99. The number of allylic oxidation sites excluding steroid dienone is 1. The maximum Gasteiger partial charge on any atom is 0.343 e. The zero-order valence-corrected chi connectivity index (χ0v) is 13.6. The Morgan fingerprint density at radius 1 is 1.14 bits per heavy atom. The first-order valence-electron chi connectivity index (χ1n) is 7.79. The Kier molecular flexibility index (Phi) is 3.39. The average molecular weight is 298 g/mol. The van der Waals surface area contributed by atoms with Gasteiger partial charge in [-0.3, -0.25) is 0 Å². The van der Waals surface area contributed by atoms with Crippen molar-refractivity contribution >= 4 is 11.5 Å². The standard InChI is InChI=1S/C19H22O3/c1-11-9-12(2)15(13(3)10-11)16-17(20)19(22-18(16)21)8-6-5-7-14(19)4/h7,9-10,20H,5-6,8H2,1-4H3. The summed E-state index contributed by atoms with van der Waals surface area (Å²) in [6.45, 7) is 7.90. The van der Waals surface area contributed by atoms with Gasteiger partial charge in [-0.1, -0.05) is 23.8 Å². The summed E-state index contributed by atoms with van der Waals surface area (Å²) in [5.41, 5.74) is 4.27. The Morgan fingerprint density at radius 2 is 1.77 bits per heavy atom. The molecule has 1 aromatic carbocycles. The molecule has 0 saturated heterocycles. The largest absolute Gasteiger partial charge is 0.507 e. The van der Waals surface area contributed by atoms with Gasteiger partial charge in [-0.2, -0.15) is 0 Å². The smallest absolute Gasteiger partial charge is 0.343 e. The number of rotatable bonds is 1. The van der Waals surface area contributed by atoms with Gasteiger partial charge in [0, 0.05) is 0 Å². The molecule has 3 rings (SSSR count). The van der Waals surface area contributed by atoms with E-state index in [9.17, 15) is 9.90 Å². The van der Waals surface area contributed by atoms with Crippen molar-refractivity contribution < 1.29 is 14.6 Å². The molecule has 1 aromatic rings. The number of esters is 1. The normalized spacial score (nSPS) is 24.7. The van der Waals surface area contributed by atoms with Crippen LogP contribution in [0.15, 0.2) is 29.5 Å². The molecule has 0 radical (unpaired) electrons. The molecule has 3 heteroatoms. The second-order valence-electron chi connectivity index (χ2n) is 6.49. The Labute approximate surface area is 131 Å². The first kappa shape index (κ1) is 14.9. The van der Waals surface area contributed by atoms with Crippen LogP contribution in [0.1, 0.15) is 48.4 Å². The molecule has 0 fully saturated rings. The highest BCUT2D eigenvalue weighted by atomic mass is 16.6. The number of aliphatic hydroxyl groups is 1. The lowest BCUT2D eigenvalue weighted by atomic mass is 9.81. The molecular formula is C19H22O3. The molecule has 1 N–H and O–H groups in total. The van der Waals surface area contributed by atoms with Crippen molar-refractivity contribution in [1.29, 1.82) is 0 Å². The maximum atomic E-state index is 12.5. The van der Waals surface area contributed by atoms with Gasteiger partial charge in [-0.25, -0.2) is 4.79 Å². The molecule has 1 atom stereocenters. The van der Waals surface area contributed by atoms with Crippen molar-refractivity contribution in [1.82, 2.24) is 0 Å². The molecule has 116 valence electrons. The first-order chi connectivity index (χ1) is 10.4. The number of carbonyl (C=O) groups excluding carboxylic acids is 1. The van der Waals surface area contributed by atoms with Crippen LogP contribution in [0, 0.1) is 20.8 Å². The fourth-order valence-corrected chi connectivity index (χ4v) is 3.82. The quantitative estimate of drug-likeness (QED) is 0.621. The van der Waals surface area contributed by atoms with E-state index in [4.69, 9.17) is 4.74 Å². The predicted molar refractivity (Wildman–Crippen MR) is 86.6 cm³/mol. The first-order valence-corrected chi connectivity index (χ1v) is 7.79. The number of carbonyl (C=O) groups is 1. The minimum absolute atomic E-state index is 0.0843. The number of aliphatic hydroxyl groups excluding tert-OH is 1. The van der Waals surface area contributed by atoms with Crippen molar-refractivity contribution in [3.05, 3.63) is 51.8 Å². The van der Waals surface area contributed by atoms with Crippen LogP contribution in [0.3, 0.4) is 0 Å². The van der Waals surface area contributed by atoms with Crippen molar-refractivity contribution in [2.75, 3.05) is 0 Å². The van der Waals surface area contributed by atoms with Crippen molar-refractivity contribution in [3.63, 3.8) is 0 Å². The van der Waals surface area contributed by atoms with Gasteiger partial charge in [0.2, 0.25) is 0 Å². The third-order valence-electron chi connectivity index (χ3n) is 4.84. The molecule has 0 bridgehead atoms.